The van der Waals surface area contributed by atoms with Gasteiger partial charge in [-0.2, -0.15) is 0 Å². The van der Waals surface area contributed by atoms with Crippen molar-refractivity contribution in [3.05, 3.63) is 61.3 Å². The summed E-state index contributed by atoms with van der Waals surface area (Å²) in [5.74, 6) is 0. The molecule has 0 aliphatic heterocycles. The van der Waals surface area contributed by atoms with Crippen molar-refractivity contribution in [2.24, 2.45) is 0 Å². The molecule has 0 aromatic heterocycles. The quantitative estimate of drug-likeness (QED) is 0.238. The molecule has 114 valence electrons. The fraction of sp³-hybridized carbons (Fsp3) is 0. The Balaban J connectivity index is -0.0000000257. The van der Waals surface area contributed by atoms with E-state index in [1.54, 1.807) is 0 Å². The molecule has 0 aliphatic carbocycles. The van der Waals surface area contributed by atoms with Gasteiger partial charge in [-0.25, -0.2) is 0 Å². The van der Waals surface area contributed by atoms with Crippen LogP contribution in [0.5, 0.6) is 0 Å². The molecule has 0 saturated carbocycles. The molecular formula is ClN4O12Pt-5. The van der Waals surface area contributed by atoms with Crippen molar-refractivity contribution < 1.29 is 53.8 Å². The first-order valence-corrected chi connectivity index (χ1v) is 2.19. The summed E-state index contributed by atoms with van der Waals surface area (Å²) in [6, 6.07) is 0. The SMILES string of the molecule is O=[N+]([O-])[O-].O=[N+]([O-])[O-].O=[N+]([O-])[O-].O=[N+]([O-])[O-].[Cl-].[Pt]. The number of hydrogen-bond donors (Lipinski definition) is 0. The van der Waals surface area contributed by atoms with Gasteiger partial charge in [-0.15, -0.1) is 0 Å². The van der Waals surface area contributed by atoms with E-state index in [1.807, 2.05) is 0 Å². The summed E-state index contributed by atoms with van der Waals surface area (Å²) >= 11 is 0. The van der Waals surface area contributed by atoms with Gasteiger partial charge in [-0.3, -0.25) is 0 Å². The Bertz CT molecular complexity index is 164. The average Bonchev–Trinajstić information content (AvgIpc) is 1.76. The van der Waals surface area contributed by atoms with Crippen LogP contribution in [-0.2, 0) is 21.1 Å². The van der Waals surface area contributed by atoms with Gasteiger partial charge in [0, 0.05) is 21.1 Å². The molecular weight excluding hydrogens is 479 g/mol. The second-order valence-corrected chi connectivity index (χ2v) is 0.894. The molecule has 0 heterocycles. The van der Waals surface area contributed by atoms with Crippen LogP contribution in [0.25, 0.3) is 0 Å². The van der Waals surface area contributed by atoms with Crippen LogP contribution in [-0.4, -0.2) is 20.3 Å². The van der Waals surface area contributed by atoms with E-state index in [2.05, 4.69) is 0 Å². The number of nitrogens with zero attached hydrogens (tertiary/aromatic N) is 4. The molecule has 0 radical (unpaired) electrons. The summed E-state index contributed by atoms with van der Waals surface area (Å²) in [7, 11) is 0. The van der Waals surface area contributed by atoms with E-state index in [1.165, 1.54) is 0 Å². The van der Waals surface area contributed by atoms with Gasteiger partial charge < -0.3 is 73.7 Å². The van der Waals surface area contributed by atoms with Crippen molar-refractivity contribution in [3.8, 4) is 0 Å². The molecule has 18 heteroatoms. The Morgan fingerprint density at radius 3 is 0.444 bits per heavy atom. The van der Waals surface area contributed by atoms with E-state index >= 15 is 0 Å². The zero-order valence-corrected chi connectivity index (χ0v) is 10.4. The van der Waals surface area contributed by atoms with Crippen LogP contribution in [0.2, 0.25) is 0 Å². The van der Waals surface area contributed by atoms with E-state index in [-0.39, 0.29) is 33.5 Å². The predicted molar refractivity (Wildman–Crippen MR) is 41.4 cm³/mol. The van der Waals surface area contributed by atoms with E-state index in [9.17, 15) is 0 Å². The first kappa shape index (κ1) is 36.0. The summed E-state index contributed by atoms with van der Waals surface area (Å²) in [6.45, 7) is 0. The first-order valence-electron chi connectivity index (χ1n) is 2.19. The molecule has 0 saturated heterocycles. The van der Waals surface area contributed by atoms with Gasteiger partial charge in [-0.1, -0.05) is 0 Å². The minimum Gasteiger partial charge on any atom is -1.00 e. The second-order valence-electron chi connectivity index (χ2n) is 0.894. The average molecular weight is 479 g/mol. The third-order valence-electron chi connectivity index (χ3n) is 0. The van der Waals surface area contributed by atoms with Crippen molar-refractivity contribution >= 4 is 0 Å². The Morgan fingerprint density at radius 1 is 0.444 bits per heavy atom. The van der Waals surface area contributed by atoms with Gasteiger partial charge in [0.15, 0.2) is 0 Å². The van der Waals surface area contributed by atoms with E-state index in [4.69, 9.17) is 61.3 Å². The molecule has 0 aromatic carbocycles. The van der Waals surface area contributed by atoms with Crippen molar-refractivity contribution in [3.63, 3.8) is 0 Å². The number of rotatable bonds is 0. The Labute approximate surface area is 116 Å². The summed E-state index contributed by atoms with van der Waals surface area (Å²) in [5.41, 5.74) is 0. The van der Waals surface area contributed by atoms with Crippen LogP contribution in [0.1, 0.15) is 0 Å². The zero-order chi connectivity index (χ0) is 14.3. The summed E-state index contributed by atoms with van der Waals surface area (Å²) in [4.78, 5) is 33.0. The van der Waals surface area contributed by atoms with Crippen LogP contribution >= 0.6 is 0 Å². The third-order valence-corrected chi connectivity index (χ3v) is 0. The standard InChI is InChI=1S/ClH.4NO3.Pt/c;4*2-1(3)4;/h1H;;;;;/q;4*-1;/p-1. The first-order chi connectivity index (χ1) is 6.93. The molecule has 0 rings (SSSR count). The molecule has 0 atom stereocenters. The maximum absolute atomic E-state index is 8.25. The Kier molecular flexibility index (Phi) is 58.7. The van der Waals surface area contributed by atoms with Gasteiger partial charge in [-0.05, 0) is 0 Å². The molecule has 0 spiro atoms. The molecule has 0 aromatic rings. The third kappa shape index (κ3) is 456. The normalized spacial score (nSPS) is 5.33. The summed E-state index contributed by atoms with van der Waals surface area (Å²) in [5, 5.41) is 59.0. The predicted octanol–water partition coefficient (Wildman–Crippen LogP) is -3.95. The second kappa shape index (κ2) is 29.3. The number of halogens is 1. The van der Waals surface area contributed by atoms with E-state index in [0.29, 0.717) is 0 Å². The Hall–Kier alpha value is -2.22. The fourth-order valence-electron chi connectivity index (χ4n) is 0. The van der Waals surface area contributed by atoms with Crippen LogP contribution in [0, 0.1) is 61.3 Å². The summed E-state index contributed by atoms with van der Waals surface area (Å²) < 4.78 is 0. The van der Waals surface area contributed by atoms with Gasteiger partial charge in [0.2, 0.25) is 0 Å². The minimum absolute atomic E-state index is 0. The van der Waals surface area contributed by atoms with Gasteiger partial charge >= 0.3 is 0 Å². The molecule has 18 heavy (non-hydrogen) atoms. The van der Waals surface area contributed by atoms with Crippen molar-refractivity contribution in [1.82, 2.24) is 0 Å². The minimum atomic E-state index is -1.75. The Morgan fingerprint density at radius 2 is 0.444 bits per heavy atom. The zero-order valence-electron chi connectivity index (χ0n) is 7.38. The summed E-state index contributed by atoms with van der Waals surface area (Å²) in [6.07, 6.45) is 0. The van der Waals surface area contributed by atoms with Crippen molar-refractivity contribution in [2.75, 3.05) is 0 Å². The van der Waals surface area contributed by atoms with Crippen LogP contribution < -0.4 is 12.4 Å². The van der Waals surface area contributed by atoms with Gasteiger partial charge in [0.25, 0.3) is 0 Å². The van der Waals surface area contributed by atoms with Gasteiger partial charge in [0.1, 0.15) is 0 Å². The molecule has 0 fully saturated rings. The van der Waals surface area contributed by atoms with Crippen molar-refractivity contribution in [2.45, 2.75) is 0 Å². The monoisotopic (exact) mass is 478 g/mol. The largest absolute Gasteiger partial charge is 1.00 e. The molecule has 0 amide bonds. The topological polar surface area (TPSA) is 265 Å². The maximum Gasteiger partial charge on any atom is 0.0689 e. The van der Waals surface area contributed by atoms with Crippen LogP contribution in [0.15, 0.2) is 0 Å². The van der Waals surface area contributed by atoms with Crippen LogP contribution in [0.3, 0.4) is 0 Å². The molecule has 0 aliphatic rings. The van der Waals surface area contributed by atoms with E-state index in [0.717, 1.165) is 0 Å². The molecule has 16 nitrogen and oxygen atoms in total. The smallest absolute Gasteiger partial charge is 0.0689 e. The maximum atomic E-state index is 8.25. The molecule has 0 unspecified atom stereocenters. The van der Waals surface area contributed by atoms with Crippen molar-refractivity contribution in [1.29, 1.82) is 0 Å². The van der Waals surface area contributed by atoms with Crippen LogP contribution in [0.4, 0.5) is 0 Å². The molecule has 0 bridgehead atoms. The van der Waals surface area contributed by atoms with E-state index < -0.39 is 20.3 Å². The van der Waals surface area contributed by atoms with Gasteiger partial charge in [0.05, 0.1) is 20.3 Å². The number of hydrogen-bond acceptors (Lipinski definition) is 12. The molecule has 0 N–H and O–H groups in total. The fourth-order valence-corrected chi connectivity index (χ4v) is 0.